The largest absolute Gasteiger partial charge is 0.500 e. The molecule has 0 aliphatic carbocycles. The van der Waals surface area contributed by atoms with Crippen molar-refractivity contribution in [2.24, 2.45) is 0 Å². The Balaban J connectivity index is 3.44. The number of nitrogens with zero attached hydrogens (tertiary/aromatic N) is 1. The molecule has 0 saturated heterocycles. The molecule has 5 nitrogen and oxygen atoms in total. The zero-order chi connectivity index (χ0) is 10.7. The van der Waals surface area contributed by atoms with E-state index >= 15 is 0 Å². The Labute approximate surface area is 80.1 Å². The molecule has 0 saturated carbocycles. The maximum absolute atomic E-state index is 10.5. The fraction of sp³-hybridized carbons (Fsp3) is 0.111. The molecule has 5 heteroatoms. The molecule has 0 aliphatic heterocycles. The lowest BCUT2D eigenvalue weighted by Gasteiger charge is -2.03. The lowest BCUT2D eigenvalue weighted by molar-refractivity contribution is -0.386. The SMILES string of the molecule is C#Cc1cc(OC)c(O)c([N+](=O)[O-])c1. The molecule has 0 aromatic heterocycles. The Morgan fingerprint density at radius 1 is 1.64 bits per heavy atom. The quantitative estimate of drug-likeness (QED) is 0.436. The number of nitro benzene ring substituents is 1. The van der Waals surface area contributed by atoms with Crippen LogP contribution in [0.5, 0.6) is 11.5 Å². The van der Waals surface area contributed by atoms with Gasteiger partial charge in [0.2, 0.25) is 5.75 Å². The van der Waals surface area contributed by atoms with Crippen LogP contribution in [0.2, 0.25) is 0 Å². The lowest BCUT2D eigenvalue weighted by Crippen LogP contribution is -1.93. The molecule has 0 aliphatic rings. The van der Waals surface area contributed by atoms with Gasteiger partial charge >= 0.3 is 5.69 Å². The van der Waals surface area contributed by atoms with Crippen LogP contribution in [0.25, 0.3) is 0 Å². The van der Waals surface area contributed by atoms with Gasteiger partial charge in [-0.2, -0.15) is 0 Å². The number of nitro groups is 1. The summed E-state index contributed by atoms with van der Waals surface area (Å²) in [5.41, 5.74) is -0.177. The summed E-state index contributed by atoms with van der Waals surface area (Å²) in [6.07, 6.45) is 5.08. The first-order valence-electron chi connectivity index (χ1n) is 3.62. The van der Waals surface area contributed by atoms with Gasteiger partial charge in [0.15, 0.2) is 5.75 Å². The molecule has 1 aromatic rings. The van der Waals surface area contributed by atoms with Crippen LogP contribution in [0.1, 0.15) is 5.56 Å². The van der Waals surface area contributed by atoms with Crippen molar-refractivity contribution < 1.29 is 14.8 Å². The molecule has 1 aromatic carbocycles. The molecule has 0 unspecified atom stereocenters. The first kappa shape index (κ1) is 9.86. The Morgan fingerprint density at radius 2 is 2.29 bits per heavy atom. The summed E-state index contributed by atoms with van der Waals surface area (Å²) in [5, 5.41) is 19.8. The second-order valence-corrected chi connectivity index (χ2v) is 2.45. The highest BCUT2D eigenvalue weighted by Crippen LogP contribution is 2.36. The summed E-state index contributed by atoms with van der Waals surface area (Å²) < 4.78 is 4.73. The van der Waals surface area contributed by atoms with Crippen molar-refractivity contribution in [3.05, 3.63) is 27.8 Å². The molecular formula is C9H7NO4. The summed E-state index contributed by atoms with van der Waals surface area (Å²) in [6.45, 7) is 0. The third-order valence-electron chi connectivity index (χ3n) is 1.64. The molecule has 0 fully saturated rings. The smallest absolute Gasteiger partial charge is 0.315 e. The molecule has 0 amide bonds. The summed E-state index contributed by atoms with van der Waals surface area (Å²) >= 11 is 0. The third-order valence-corrected chi connectivity index (χ3v) is 1.64. The van der Waals surface area contributed by atoms with Gasteiger partial charge in [0.05, 0.1) is 12.0 Å². The zero-order valence-electron chi connectivity index (χ0n) is 7.35. The van der Waals surface area contributed by atoms with E-state index in [2.05, 4.69) is 5.92 Å². The molecule has 0 radical (unpaired) electrons. The number of hydrogen-bond donors (Lipinski definition) is 1. The highest BCUT2D eigenvalue weighted by atomic mass is 16.6. The van der Waals surface area contributed by atoms with Crippen LogP contribution >= 0.6 is 0 Å². The summed E-state index contributed by atoms with van der Waals surface area (Å²) in [5.74, 6) is 1.70. The zero-order valence-corrected chi connectivity index (χ0v) is 7.35. The maximum atomic E-state index is 10.5. The van der Waals surface area contributed by atoms with Gasteiger partial charge in [-0.25, -0.2) is 0 Å². The Bertz CT molecular complexity index is 420. The van der Waals surface area contributed by atoms with E-state index in [1.165, 1.54) is 13.2 Å². The van der Waals surface area contributed by atoms with Crippen molar-refractivity contribution in [2.75, 3.05) is 7.11 Å². The van der Waals surface area contributed by atoms with E-state index in [-0.39, 0.29) is 11.3 Å². The molecule has 0 bridgehead atoms. The number of hydrogen-bond acceptors (Lipinski definition) is 4. The van der Waals surface area contributed by atoms with Gasteiger partial charge in [-0.3, -0.25) is 10.1 Å². The van der Waals surface area contributed by atoms with Crippen LogP contribution in [0.4, 0.5) is 5.69 Å². The van der Waals surface area contributed by atoms with Crippen LogP contribution in [-0.2, 0) is 0 Å². The van der Waals surface area contributed by atoms with Gasteiger partial charge < -0.3 is 9.84 Å². The second-order valence-electron chi connectivity index (χ2n) is 2.45. The summed E-state index contributed by atoms with van der Waals surface area (Å²) in [6, 6.07) is 2.46. The highest BCUT2D eigenvalue weighted by molar-refractivity contribution is 5.59. The topological polar surface area (TPSA) is 72.6 Å². The molecule has 1 N–H and O–H groups in total. The number of ether oxygens (including phenoxy) is 1. The number of benzene rings is 1. The molecular weight excluding hydrogens is 186 g/mol. The number of phenolic OH excluding ortho intramolecular Hbond substituents is 1. The first-order chi connectivity index (χ1) is 6.60. The summed E-state index contributed by atoms with van der Waals surface area (Å²) in [4.78, 5) is 9.76. The van der Waals surface area contributed by atoms with Crippen LogP contribution in [0.15, 0.2) is 12.1 Å². The second kappa shape index (κ2) is 3.66. The van der Waals surface area contributed by atoms with E-state index in [0.29, 0.717) is 0 Å². The van der Waals surface area contributed by atoms with E-state index in [0.717, 1.165) is 6.07 Å². The van der Waals surface area contributed by atoms with Crippen molar-refractivity contribution in [1.29, 1.82) is 0 Å². The molecule has 72 valence electrons. The van der Waals surface area contributed by atoms with E-state index in [1.807, 2.05) is 0 Å². The van der Waals surface area contributed by atoms with Gasteiger partial charge in [-0.1, -0.05) is 5.92 Å². The van der Waals surface area contributed by atoms with E-state index < -0.39 is 16.4 Å². The summed E-state index contributed by atoms with van der Waals surface area (Å²) in [7, 11) is 1.29. The van der Waals surface area contributed by atoms with Crippen LogP contribution in [0, 0.1) is 22.5 Å². The van der Waals surface area contributed by atoms with Crippen molar-refractivity contribution in [2.45, 2.75) is 0 Å². The molecule has 1 rings (SSSR count). The van der Waals surface area contributed by atoms with Gasteiger partial charge in [-0.05, 0) is 0 Å². The predicted molar refractivity (Wildman–Crippen MR) is 49.2 cm³/mol. The number of phenols is 1. The Hall–Kier alpha value is -2.22. The number of aromatic hydroxyl groups is 1. The number of rotatable bonds is 2. The monoisotopic (exact) mass is 193 g/mol. The first-order valence-corrected chi connectivity index (χ1v) is 3.62. The Kier molecular flexibility index (Phi) is 2.58. The van der Waals surface area contributed by atoms with Gasteiger partial charge in [0.25, 0.3) is 0 Å². The van der Waals surface area contributed by atoms with Gasteiger partial charge in [0.1, 0.15) is 0 Å². The molecule has 0 heterocycles. The fourth-order valence-electron chi connectivity index (χ4n) is 0.971. The van der Waals surface area contributed by atoms with Crippen LogP contribution < -0.4 is 4.74 Å². The molecule has 0 spiro atoms. The van der Waals surface area contributed by atoms with Crippen molar-refractivity contribution >= 4 is 5.69 Å². The van der Waals surface area contributed by atoms with E-state index in [9.17, 15) is 15.2 Å². The maximum Gasteiger partial charge on any atom is 0.315 e. The fourth-order valence-corrected chi connectivity index (χ4v) is 0.971. The standard InChI is InChI=1S/C9H7NO4/c1-3-6-4-7(10(12)13)9(11)8(5-6)14-2/h1,4-5,11H,2H3. The minimum Gasteiger partial charge on any atom is -0.500 e. The van der Waals surface area contributed by atoms with Crippen molar-refractivity contribution in [3.8, 4) is 23.8 Å². The number of terminal acetylenes is 1. The predicted octanol–water partition coefficient (Wildman–Crippen LogP) is 1.29. The lowest BCUT2D eigenvalue weighted by atomic mass is 10.2. The third kappa shape index (κ3) is 1.59. The normalized spacial score (nSPS) is 9.14. The minimum atomic E-state index is -0.724. The Morgan fingerprint density at radius 3 is 2.71 bits per heavy atom. The average molecular weight is 193 g/mol. The van der Waals surface area contributed by atoms with Gasteiger partial charge in [-0.15, -0.1) is 6.42 Å². The molecule has 0 atom stereocenters. The van der Waals surface area contributed by atoms with Crippen LogP contribution in [-0.4, -0.2) is 17.1 Å². The molecule has 14 heavy (non-hydrogen) atoms. The van der Waals surface area contributed by atoms with Crippen LogP contribution in [0.3, 0.4) is 0 Å². The van der Waals surface area contributed by atoms with E-state index in [4.69, 9.17) is 11.2 Å². The highest BCUT2D eigenvalue weighted by Gasteiger charge is 2.18. The van der Waals surface area contributed by atoms with Crippen molar-refractivity contribution in [3.63, 3.8) is 0 Å². The van der Waals surface area contributed by atoms with Crippen molar-refractivity contribution in [1.82, 2.24) is 0 Å². The van der Waals surface area contributed by atoms with Gasteiger partial charge in [0, 0.05) is 17.7 Å². The average Bonchev–Trinajstić information content (AvgIpc) is 2.17. The minimum absolute atomic E-state index is 0.00727. The van der Waals surface area contributed by atoms with E-state index in [1.54, 1.807) is 0 Å². The number of methoxy groups -OCH3 is 1.